The van der Waals surface area contributed by atoms with Gasteiger partial charge in [-0.2, -0.15) is 13.2 Å². The third-order valence-corrected chi connectivity index (χ3v) is 6.08. The Morgan fingerprint density at radius 3 is 2.61 bits per heavy atom. The van der Waals surface area contributed by atoms with Gasteiger partial charge in [0.05, 0.1) is 13.7 Å². The lowest BCUT2D eigenvalue weighted by Crippen LogP contribution is -2.68. The summed E-state index contributed by atoms with van der Waals surface area (Å²) in [5.74, 6) is -0.657. The molecule has 0 unspecified atom stereocenters. The zero-order valence-electron chi connectivity index (χ0n) is 17.6. The smallest absolute Gasteiger partial charge is 0.425 e. The molecule has 3 heterocycles. The van der Waals surface area contributed by atoms with Gasteiger partial charge in [0, 0.05) is 11.6 Å². The molecule has 1 aromatic carbocycles. The summed E-state index contributed by atoms with van der Waals surface area (Å²) in [7, 11) is 1.48. The van der Waals surface area contributed by atoms with Crippen LogP contribution >= 0.6 is 0 Å². The molecule has 2 aliphatic rings. The van der Waals surface area contributed by atoms with Gasteiger partial charge in [-0.15, -0.1) is 0 Å². The second kappa shape index (κ2) is 7.19. The fraction of sp³-hybridized carbons (Fsp3) is 0.500. The highest BCUT2D eigenvalue weighted by atomic mass is 19.4. The van der Waals surface area contributed by atoms with Crippen molar-refractivity contribution in [2.45, 2.75) is 56.5 Å². The number of halogens is 3. The van der Waals surface area contributed by atoms with Crippen LogP contribution < -0.4 is 10.1 Å². The number of hydrogen-bond donors (Lipinski definition) is 1. The lowest BCUT2D eigenvalue weighted by molar-refractivity contribution is -0.229. The van der Waals surface area contributed by atoms with Crippen molar-refractivity contribution in [3.63, 3.8) is 0 Å². The van der Waals surface area contributed by atoms with Crippen LogP contribution in [0.15, 0.2) is 34.7 Å². The monoisotopic (exact) mass is 439 g/mol. The summed E-state index contributed by atoms with van der Waals surface area (Å²) < 4.78 is 65.8. The summed E-state index contributed by atoms with van der Waals surface area (Å²) in [4.78, 5) is 12.9. The molecule has 31 heavy (non-hydrogen) atoms. The van der Waals surface area contributed by atoms with Crippen LogP contribution in [0.5, 0.6) is 5.75 Å². The molecule has 0 aliphatic carbocycles. The Morgan fingerprint density at radius 2 is 2.03 bits per heavy atom. The van der Waals surface area contributed by atoms with E-state index in [1.165, 1.54) is 20.1 Å². The minimum Gasteiger partial charge on any atom is -0.497 e. The number of carbonyl (C=O) groups excluding carboxylic acids is 1. The van der Waals surface area contributed by atoms with E-state index < -0.39 is 35.3 Å². The van der Waals surface area contributed by atoms with Gasteiger partial charge in [0.25, 0.3) is 5.54 Å². The molecule has 2 aromatic rings. The van der Waals surface area contributed by atoms with E-state index in [-0.39, 0.29) is 18.7 Å². The van der Waals surface area contributed by atoms with Crippen molar-refractivity contribution >= 4 is 11.7 Å². The number of carbonyl (C=O) groups is 1. The van der Waals surface area contributed by atoms with Crippen LogP contribution in [0.1, 0.15) is 43.3 Å². The SMILES string of the molecule is CCOC(=O)[C@@]1(C(F)(F)F)Nc2ccc(OC)cc2[C@H]2C[C@](C)(c3ccc(C)o3)O[C@H]21. The average Bonchev–Trinajstić information content (AvgIpc) is 3.30. The maximum absolute atomic E-state index is 14.6. The van der Waals surface area contributed by atoms with E-state index in [0.29, 0.717) is 22.8 Å². The van der Waals surface area contributed by atoms with Gasteiger partial charge in [-0.3, -0.25) is 0 Å². The van der Waals surface area contributed by atoms with E-state index in [9.17, 15) is 18.0 Å². The van der Waals surface area contributed by atoms with E-state index in [2.05, 4.69) is 5.32 Å². The first-order valence-electron chi connectivity index (χ1n) is 10.0. The van der Waals surface area contributed by atoms with E-state index in [1.807, 2.05) is 0 Å². The van der Waals surface area contributed by atoms with Crippen molar-refractivity contribution in [1.29, 1.82) is 0 Å². The van der Waals surface area contributed by atoms with Gasteiger partial charge in [0.15, 0.2) is 0 Å². The van der Waals surface area contributed by atoms with Crippen molar-refractivity contribution in [2.75, 3.05) is 19.0 Å². The number of aryl methyl sites for hydroxylation is 1. The van der Waals surface area contributed by atoms with Crippen molar-refractivity contribution in [1.82, 2.24) is 0 Å². The Kier molecular flexibility index (Phi) is 4.99. The van der Waals surface area contributed by atoms with Crippen molar-refractivity contribution in [3.05, 3.63) is 47.4 Å². The van der Waals surface area contributed by atoms with E-state index in [4.69, 9.17) is 18.6 Å². The third kappa shape index (κ3) is 3.17. The number of anilines is 1. The number of nitrogens with one attached hydrogen (secondary N) is 1. The lowest BCUT2D eigenvalue weighted by atomic mass is 9.74. The average molecular weight is 439 g/mol. The number of benzene rings is 1. The Morgan fingerprint density at radius 1 is 1.29 bits per heavy atom. The number of hydrogen-bond acceptors (Lipinski definition) is 6. The van der Waals surface area contributed by atoms with Gasteiger partial charge in [-0.05, 0) is 63.1 Å². The van der Waals surface area contributed by atoms with Gasteiger partial charge in [-0.1, -0.05) is 0 Å². The molecule has 0 amide bonds. The normalized spacial score (nSPS) is 29.6. The zero-order chi connectivity index (χ0) is 22.6. The second-order valence-electron chi connectivity index (χ2n) is 8.09. The van der Waals surface area contributed by atoms with Crippen molar-refractivity contribution < 1.29 is 36.6 Å². The summed E-state index contributed by atoms with van der Waals surface area (Å²) in [6, 6.07) is 8.11. The van der Waals surface area contributed by atoms with Crippen LogP contribution in [0, 0.1) is 6.92 Å². The minimum absolute atomic E-state index is 0.184. The van der Waals surface area contributed by atoms with Crippen LogP contribution in [0.2, 0.25) is 0 Å². The van der Waals surface area contributed by atoms with Gasteiger partial charge < -0.3 is 23.9 Å². The Labute approximate surface area is 177 Å². The molecule has 4 atom stereocenters. The molecule has 0 saturated carbocycles. The summed E-state index contributed by atoms with van der Waals surface area (Å²) >= 11 is 0. The molecule has 6 nitrogen and oxygen atoms in total. The van der Waals surface area contributed by atoms with Crippen molar-refractivity contribution in [2.24, 2.45) is 0 Å². The Balaban J connectivity index is 1.91. The van der Waals surface area contributed by atoms with Crippen molar-refractivity contribution in [3.8, 4) is 5.75 Å². The summed E-state index contributed by atoms with van der Waals surface area (Å²) in [6.45, 7) is 4.69. The summed E-state index contributed by atoms with van der Waals surface area (Å²) in [5, 5.41) is 2.44. The minimum atomic E-state index is -4.98. The fourth-order valence-electron chi connectivity index (χ4n) is 4.61. The Hall–Kier alpha value is -2.68. The van der Waals surface area contributed by atoms with Crippen LogP contribution in [-0.4, -0.2) is 37.5 Å². The highest BCUT2D eigenvalue weighted by molar-refractivity contribution is 5.89. The number of furan rings is 1. The van der Waals surface area contributed by atoms with Gasteiger partial charge >= 0.3 is 12.1 Å². The van der Waals surface area contributed by atoms with Crippen LogP contribution in [0.25, 0.3) is 0 Å². The molecular formula is C22H24F3NO5. The molecule has 1 N–H and O–H groups in total. The molecule has 9 heteroatoms. The molecule has 0 bridgehead atoms. The predicted octanol–water partition coefficient (Wildman–Crippen LogP) is 4.67. The number of ether oxygens (including phenoxy) is 3. The van der Waals surface area contributed by atoms with Gasteiger partial charge in [-0.25, -0.2) is 4.79 Å². The van der Waals surface area contributed by atoms with Crippen LogP contribution in [0.4, 0.5) is 18.9 Å². The first-order valence-corrected chi connectivity index (χ1v) is 10.0. The number of fused-ring (bicyclic) bond motifs is 3. The number of esters is 1. The highest BCUT2D eigenvalue weighted by Crippen LogP contribution is 2.58. The van der Waals surface area contributed by atoms with Gasteiger partial charge in [0.2, 0.25) is 0 Å². The fourth-order valence-corrected chi connectivity index (χ4v) is 4.61. The topological polar surface area (TPSA) is 69.9 Å². The standard InChI is InChI=1S/C22H24F3NO5/c1-5-29-19(27)21(22(23,24)25)18-15(14-10-13(28-4)7-8-16(14)26-21)11-20(3,31-18)17-9-6-12(2)30-17/h6-10,15,18,26H,5,11H2,1-4H3/t15-,18-,20-,21+/m1/s1. The molecule has 1 saturated heterocycles. The molecule has 1 fully saturated rings. The quantitative estimate of drug-likeness (QED) is 0.698. The summed E-state index contributed by atoms with van der Waals surface area (Å²) in [6.07, 6.45) is -6.37. The van der Waals surface area contributed by atoms with Gasteiger partial charge in [0.1, 0.15) is 29.0 Å². The molecule has 2 aliphatic heterocycles. The van der Waals surface area contributed by atoms with Crippen LogP contribution in [-0.2, 0) is 19.9 Å². The molecule has 168 valence electrons. The first-order chi connectivity index (χ1) is 14.6. The Bertz CT molecular complexity index is 1000. The predicted molar refractivity (Wildman–Crippen MR) is 105 cm³/mol. The largest absolute Gasteiger partial charge is 0.497 e. The molecule has 0 radical (unpaired) electrons. The van der Waals surface area contributed by atoms with E-state index in [1.54, 1.807) is 38.1 Å². The van der Waals surface area contributed by atoms with E-state index in [0.717, 1.165) is 0 Å². The maximum atomic E-state index is 14.6. The highest BCUT2D eigenvalue weighted by Gasteiger charge is 2.73. The molecule has 4 rings (SSSR count). The van der Waals surface area contributed by atoms with Crippen LogP contribution in [0.3, 0.4) is 0 Å². The van der Waals surface area contributed by atoms with E-state index >= 15 is 0 Å². The first kappa shape index (κ1) is 21.5. The lowest BCUT2D eigenvalue weighted by Gasteiger charge is -2.45. The second-order valence-corrected chi connectivity index (χ2v) is 8.09. The molecule has 0 spiro atoms. The number of methoxy groups -OCH3 is 1. The zero-order valence-corrected chi connectivity index (χ0v) is 17.6. The summed E-state index contributed by atoms with van der Waals surface area (Å²) in [5.41, 5.74) is -3.45. The molecular weight excluding hydrogens is 415 g/mol. The number of rotatable bonds is 4. The number of alkyl halides is 3. The maximum Gasteiger partial charge on any atom is 0.425 e. The third-order valence-electron chi connectivity index (χ3n) is 6.08. The molecule has 1 aromatic heterocycles.